The van der Waals surface area contributed by atoms with Crippen LogP contribution in [-0.2, 0) is 7.05 Å². The molecule has 1 aliphatic rings. The highest BCUT2D eigenvalue weighted by Crippen LogP contribution is 2.27. The molecule has 0 unspecified atom stereocenters. The summed E-state index contributed by atoms with van der Waals surface area (Å²) in [6, 6.07) is 10.6. The molecule has 148 valence electrons. The molecule has 28 heavy (non-hydrogen) atoms. The summed E-state index contributed by atoms with van der Waals surface area (Å²) in [6.45, 7) is 9.78. The summed E-state index contributed by atoms with van der Waals surface area (Å²) in [7, 11) is 1.92. The lowest BCUT2D eigenvalue weighted by Crippen LogP contribution is -2.48. The van der Waals surface area contributed by atoms with E-state index in [9.17, 15) is 4.79 Å². The SMILES string of the molecule is Cc1cccc(N2CCN(CCNC(=O)c3cc4c(C)nn(C)c4s3)CC2)c1. The molecular weight excluding hydrogens is 370 g/mol. The smallest absolute Gasteiger partial charge is 0.261 e. The lowest BCUT2D eigenvalue weighted by Gasteiger charge is -2.36. The zero-order valence-electron chi connectivity index (χ0n) is 16.7. The zero-order valence-corrected chi connectivity index (χ0v) is 17.6. The highest BCUT2D eigenvalue weighted by Gasteiger charge is 2.18. The van der Waals surface area contributed by atoms with Crippen LogP contribution >= 0.6 is 11.3 Å². The maximum Gasteiger partial charge on any atom is 0.261 e. The molecule has 3 aromatic rings. The van der Waals surface area contributed by atoms with Gasteiger partial charge in [-0.05, 0) is 37.6 Å². The Kier molecular flexibility index (Phi) is 5.37. The van der Waals surface area contributed by atoms with Gasteiger partial charge < -0.3 is 10.2 Å². The molecule has 0 atom stereocenters. The van der Waals surface area contributed by atoms with Gasteiger partial charge in [0.1, 0.15) is 4.83 Å². The van der Waals surface area contributed by atoms with Crippen molar-refractivity contribution in [3.8, 4) is 0 Å². The van der Waals surface area contributed by atoms with Gasteiger partial charge in [0.05, 0.1) is 10.6 Å². The van der Waals surface area contributed by atoms with Crippen molar-refractivity contribution in [1.82, 2.24) is 20.0 Å². The Labute approximate surface area is 169 Å². The molecule has 6 nitrogen and oxygen atoms in total. The van der Waals surface area contributed by atoms with Crippen molar-refractivity contribution in [3.05, 3.63) is 46.5 Å². The van der Waals surface area contributed by atoms with Crippen LogP contribution in [0.5, 0.6) is 0 Å². The quantitative estimate of drug-likeness (QED) is 0.719. The van der Waals surface area contributed by atoms with Crippen LogP contribution < -0.4 is 10.2 Å². The van der Waals surface area contributed by atoms with Gasteiger partial charge in [0.15, 0.2) is 0 Å². The number of thiophene rings is 1. The van der Waals surface area contributed by atoms with Gasteiger partial charge in [0.2, 0.25) is 0 Å². The normalized spacial score (nSPS) is 15.3. The number of aromatic nitrogens is 2. The molecule has 4 rings (SSSR count). The predicted octanol–water partition coefficient (Wildman–Crippen LogP) is 2.80. The van der Waals surface area contributed by atoms with E-state index in [0.717, 1.165) is 53.5 Å². The lowest BCUT2D eigenvalue weighted by atomic mass is 10.2. The second kappa shape index (κ2) is 7.93. The minimum absolute atomic E-state index is 0.0130. The molecular formula is C21H27N5OS. The van der Waals surface area contributed by atoms with E-state index in [1.54, 1.807) is 0 Å². The molecule has 0 bridgehead atoms. The van der Waals surface area contributed by atoms with Crippen molar-refractivity contribution < 1.29 is 4.79 Å². The third-order valence-corrected chi connectivity index (χ3v) is 6.57. The van der Waals surface area contributed by atoms with E-state index in [2.05, 4.69) is 51.4 Å². The highest BCUT2D eigenvalue weighted by atomic mass is 32.1. The molecule has 0 spiro atoms. The molecule has 0 aliphatic carbocycles. The molecule has 0 saturated carbocycles. The Morgan fingerprint density at radius 2 is 1.96 bits per heavy atom. The van der Waals surface area contributed by atoms with E-state index in [0.29, 0.717) is 6.54 Å². The number of hydrogen-bond acceptors (Lipinski definition) is 5. The Hall–Kier alpha value is -2.38. The van der Waals surface area contributed by atoms with Crippen LogP contribution in [0.3, 0.4) is 0 Å². The van der Waals surface area contributed by atoms with Gasteiger partial charge in [-0.25, -0.2) is 0 Å². The van der Waals surface area contributed by atoms with Gasteiger partial charge in [-0.1, -0.05) is 12.1 Å². The van der Waals surface area contributed by atoms with Crippen molar-refractivity contribution in [2.75, 3.05) is 44.2 Å². The van der Waals surface area contributed by atoms with Crippen LogP contribution in [0.1, 0.15) is 20.9 Å². The number of carbonyl (C=O) groups excluding carboxylic acids is 1. The van der Waals surface area contributed by atoms with Gasteiger partial charge in [-0.2, -0.15) is 5.10 Å². The van der Waals surface area contributed by atoms with Gasteiger partial charge in [-0.3, -0.25) is 14.4 Å². The number of amides is 1. The van der Waals surface area contributed by atoms with Gasteiger partial charge >= 0.3 is 0 Å². The van der Waals surface area contributed by atoms with Crippen molar-refractivity contribution in [3.63, 3.8) is 0 Å². The van der Waals surface area contributed by atoms with E-state index in [1.165, 1.54) is 22.6 Å². The van der Waals surface area contributed by atoms with Crippen LogP contribution in [0.2, 0.25) is 0 Å². The van der Waals surface area contributed by atoms with E-state index < -0.39 is 0 Å². The number of benzene rings is 1. The maximum atomic E-state index is 12.5. The topological polar surface area (TPSA) is 53.4 Å². The van der Waals surface area contributed by atoms with Crippen molar-refractivity contribution in [2.45, 2.75) is 13.8 Å². The minimum Gasteiger partial charge on any atom is -0.369 e. The molecule has 1 N–H and O–H groups in total. The molecule has 2 aromatic heterocycles. The van der Waals surface area contributed by atoms with Crippen molar-refractivity contribution >= 4 is 33.1 Å². The third kappa shape index (κ3) is 3.91. The fourth-order valence-electron chi connectivity index (χ4n) is 3.79. The molecule has 1 saturated heterocycles. The van der Waals surface area contributed by atoms with Crippen LogP contribution in [-0.4, -0.2) is 59.9 Å². The van der Waals surface area contributed by atoms with Gasteiger partial charge in [0.25, 0.3) is 5.91 Å². The zero-order chi connectivity index (χ0) is 19.7. The first kappa shape index (κ1) is 19.0. The van der Waals surface area contributed by atoms with E-state index in [-0.39, 0.29) is 5.91 Å². The number of hydrogen-bond donors (Lipinski definition) is 1. The minimum atomic E-state index is 0.0130. The molecule has 1 aliphatic heterocycles. The van der Waals surface area contributed by atoms with Crippen LogP contribution in [0.25, 0.3) is 10.2 Å². The first-order valence-corrected chi connectivity index (χ1v) is 10.6. The lowest BCUT2D eigenvalue weighted by molar-refractivity contribution is 0.0952. The molecule has 7 heteroatoms. The average Bonchev–Trinajstić information content (AvgIpc) is 3.24. The first-order valence-electron chi connectivity index (χ1n) is 9.76. The summed E-state index contributed by atoms with van der Waals surface area (Å²) in [6.07, 6.45) is 0. The Morgan fingerprint density at radius 1 is 1.18 bits per heavy atom. The van der Waals surface area contributed by atoms with Crippen molar-refractivity contribution in [1.29, 1.82) is 0 Å². The molecule has 1 fully saturated rings. The number of piperazine rings is 1. The fraction of sp³-hybridized carbons (Fsp3) is 0.429. The Balaban J connectivity index is 1.25. The standard InChI is InChI=1S/C21H27N5OS/c1-15-5-4-6-17(13-15)26-11-9-25(10-12-26)8-7-22-20(27)19-14-18-16(2)23-24(3)21(18)28-19/h4-6,13-14H,7-12H2,1-3H3,(H,22,27). The summed E-state index contributed by atoms with van der Waals surface area (Å²) < 4.78 is 1.85. The van der Waals surface area contributed by atoms with Crippen molar-refractivity contribution in [2.24, 2.45) is 7.05 Å². The fourth-order valence-corrected chi connectivity index (χ4v) is 4.83. The van der Waals surface area contributed by atoms with E-state index in [4.69, 9.17) is 0 Å². The number of nitrogens with one attached hydrogen (secondary N) is 1. The number of anilines is 1. The molecule has 1 aromatic carbocycles. The number of fused-ring (bicyclic) bond motifs is 1. The van der Waals surface area contributed by atoms with Crippen LogP contribution in [0, 0.1) is 13.8 Å². The summed E-state index contributed by atoms with van der Waals surface area (Å²) in [5, 5.41) is 8.54. The summed E-state index contributed by atoms with van der Waals surface area (Å²) in [5.74, 6) is 0.0130. The summed E-state index contributed by atoms with van der Waals surface area (Å²) in [4.78, 5) is 19.2. The Morgan fingerprint density at radius 3 is 2.68 bits per heavy atom. The Bertz CT molecular complexity index is 950. The largest absolute Gasteiger partial charge is 0.369 e. The first-order chi connectivity index (χ1) is 13.5. The second-order valence-electron chi connectivity index (χ2n) is 7.46. The van der Waals surface area contributed by atoms with Gasteiger partial charge in [-0.15, -0.1) is 11.3 Å². The van der Waals surface area contributed by atoms with E-state index >= 15 is 0 Å². The van der Waals surface area contributed by atoms with E-state index in [1.807, 2.05) is 24.7 Å². The summed E-state index contributed by atoms with van der Waals surface area (Å²) in [5.41, 5.74) is 3.58. The number of carbonyl (C=O) groups is 1. The number of nitrogens with zero attached hydrogens (tertiary/aromatic N) is 4. The second-order valence-corrected chi connectivity index (χ2v) is 8.49. The third-order valence-electron chi connectivity index (χ3n) is 5.37. The van der Waals surface area contributed by atoms with Crippen LogP contribution in [0.15, 0.2) is 30.3 Å². The number of rotatable bonds is 5. The summed E-state index contributed by atoms with van der Waals surface area (Å²) >= 11 is 1.51. The molecule has 3 heterocycles. The van der Waals surface area contributed by atoms with Gasteiger partial charge in [0, 0.05) is 57.4 Å². The molecule has 0 radical (unpaired) electrons. The van der Waals surface area contributed by atoms with Crippen LogP contribution in [0.4, 0.5) is 5.69 Å². The number of aryl methyl sites for hydroxylation is 3. The molecule has 1 amide bonds. The highest BCUT2D eigenvalue weighted by molar-refractivity contribution is 7.20. The monoisotopic (exact) mass is 397 g/mol. The maximum absolute atomic E-state index is 12.5. The predicted molar refractivity (Wildman–Crippen MR) is 115 cm³/mol. The average molecular weight is 398 g/mol.